The van der Waals surface area contributed by atoms with Crippen LogP contribution in [0.2, 0.25) is 0 Å². The molecule has 0 saturated heterocycles. The Morgan fingerprint density at radius 2 is 1.84 bits per heavy atom. The molecule has 0 radical (unpaired) electrons. The third kappa shape index (κ3) is 4.25. The lowest BCUT2D eigenvalue weighted by molar-refractivity contribution is -0.384. The summed E-state index contributed by atoms with van der Waals surface area (Å²) in [7, 11) is 0. The van der Waals surface area contributed by atoms with Gasteiger partial charge in [0.05, 0.1) is 22.0 Å². The minimum Gasteiger partial charge on any atom is -0.507 e. The number of non-ortho nitro benzene ring substituents is 1. The number of fused-ring (bicyclic) bond motifs is 1. The van der Waals surface area contributed by atoms with E-state index < -0.39 is 10.5 Å². The number of aromatic hydroxyl groups is 1. The standard InChI is InChI=1S/C22H16N4O5/c27-20-11-10-16(26(29)30)12-15(20)13-23-25-21(14-31-17-6-2-1-3-7-17)24-19-9-5-4-8-18(19)22(25)28/h1-13,27H,14H2/b23-13+. The maximum Gasteiger partial charge on any atom is 0.282 e. The zero-order chi connectivity index (χ0) is 21.8. The van der Waals surface area contributed by atoms with Crippen LogP contribution in [0.3, 0.4) is 0 Å². The molecule has 4 rings (SSSR count). The van der Waals surface area contributed by atoms with Crippen molar-refractivity contribution in [2.75, 3.05) is 0 Å². The summed E-state index contributed by atoms with van der Waals surface area (Å²) in [5.41, 5.74) is -0.0673. The van der Waals surface area contributed by atoms with E-state index in [9.17, 15) is 20.0 Å². The number of nitro groups is 1. The van der Waals surface area contributed by atoms with E-state index >= 15 is 0 Å². The van der Waals surface area contributed by atoms with E-state index in [-0.39, 0.29) is 29.4 Å². The second kappa shape index (κ2) is 8.46. The van der Waals surface area contributed by atoms with Crippen LogP contribution in [0.5, 0.6) is 11.5 Å². The van der Waals surface area contributed by atoms with Crippen LogP contribution < -0.4 is 10.3 Å². The Morgan fingerprint density at radius 1 is 1.10 bits per heavy atom. The molecule has 9 nitrogen and oxygen atoms in total. The van der Waals surface area contributed by atoms with Gasteiger partial charge in [0.2, 0.25) is 0 Å². The van der Waals surface area contributed by atoms with Crippen molar-refractivity contribution in [2.24, 2.45) is 5.10 Å². The highest BCUT2D eigenvalue weighted by Crippen LogP contribution is 2.21. The molecule has 0 unspecified atom stereocenters. The molecule has 0 saturated carbocycles. The van der Waals surface area contributed by atoms with E-state index in [1.807, 2.05) is 18.2 Å². The van der Waals surface area contributed by atoms with Crippen LogP contribution in [-0.2, 0) is 6.61 Å². The first-order chi connectivity index (χ1) is 15.0. The molecule has 0 aliphatic heterocycles. The van der Waals surface area contributed by atoms with Gasteiger partial charge in [-0.25, -0.2) is 4.98 Å². The molecular weight excluding hydrogens is 400 g/mol. The van der Waals surface area contributed by atoms with Crippen LogP contribution in [0.25, 0.3) is 10.9 Å². The zero-order valence-electron chi connectivity index (χ0n) is 16.1. The van der Waals surface area contributed by atoms with Gasteiger partial charge in [0.25, 0.3) is 11.2 Å². The highest BCUT2D eigenvalue weighted by molar-refractivity contribution is 5.84. The predicted molar refractivity (Wildman–Crippen MR) is 115 cm³/mol. The first-order valence-corrected chi connectivity index (χ1v) is 9.23. The third-order valence-electron chi connectivity index (χ3n) is 4.47. The van der Waals surface area contributed by atoms with Gasteiger partial charge < -0.3 is 9.84 Å². The number of hydrogen-bond acceptors (Lipinski definition) is 7. The van der Waals surface area contributed by atoms with Gasteiger partial charge in [0.15, 0.2) is 5.82 Å². The largest absolute Gasteiger partial charge is 0.507 e. The second-order valence-corrected chi connectivity index (χ2v) is 6.51. The summed E-state index contributed by atoms with van der Waals surface area (Å²) in [6, 6.07) is 19.4. The van der Waals surface area contributed by atoms with Gasteiger partial charge >= 0.3 is 0 Å². The fourth-order valence-corrected chi connectivity index (χ4v) is 2.93. The molecule has 0 fully saturated rings. The normalized spacial score (nSPS) is 11.1. The first-order valence-electron chi connectivity index (χ1n) is 9.23. The lowest BCUT2D eigenvalue weighted by Crippen LogP contribution is -2.23. The van der Waals surface area contributed by atoms with Crippen LogP contribution in [0.1, 0.15) is 11.4 Å². The maximum atomic E-state index is 13.0. The number of para-hydroxylation sites is 2. The Morgan fingerprint density at radius 3 is 2.61 bits per heavy atom. The Balaban J connectivity index is 1.77. The molecule has 0 aliphatic carbocycles. The number of nitro benzene ring substituents is 1. The molecule has 1 aromatic heterocycles. The molecule has 0 amide bonds. The molecule has 0 atom stereocenters. The van der Waals surface area contributed by atoms with E-state index in [0.717, 1.165) is 4.68 Å². The molecular formula is C22H16N4O5. The second-order valence-electron chi connectivity index (χ2n) is 6.51. The summed E-state index contributed by atoms with van der Waals surface area (Å²) < 4.78 is 6.79. The summed E-state index contributed by atoms with van der Waals surface area (Å²) in [5, 5.41) is 25.5. The van der Waals surface area contributed by atoms with Crippen LogP contribution >= 0.6 is 0 Å². The number of aromatic nitrogens is 2. The van der Waals surface area contributed by atoms with Gasteiger partial charge in [-0.2, -0.15) is 9.78 Å². The molecule has 31 heavy (non-hydrogen) atoms. The highest BCUT2D eigenvalue weighted by Gasteiger charge is 2.13. The van der Waals surface area contributed by atoms with Crippen molar-refractivity contribution < 1.29 is 14.8 Å². The Kier molecular flexibility index (Phi) is 5.39. The van der Waals surface area contributed by atoms with Crippen molar-refractivity contribution in [3.63, 3.8) is 0 Å². The molecule has 4 aromatic rings. The highest BCUT2D eigenvalue weighted by atomic mass is 16.6. The number of phenolic OH excluding ortho intramolecular Hbond substituents is 1. The molecule has 9 heteroatoms. The molecule has 1 N–H and O–H groups in total. The average molecular weight is 416 g/mol. The van der Waals surface area contributed by atoms with Crippen molar-refractivity contribution in [3.05, 3.63) is 105 Å². The number of benzene rings is 3. The average Bonchev–Trinajstić information content (AvgIpc) is 2.79. The van der Waals surface area contributed by atoms with Crippen LogP contribution in [-0.4, -0.2) is 25.9 Å². The monoisotopic (exact) mass is 416 g/mol. The number of phenols is 1. The Bertz CT molecular complexity index is 1350. The van der Waals surface area contributed by atoms with Gasteiger partial charge in [0, 0.05) is 17.7 Å². The SMILES string of the molecule is O=c1c2ccccc2nc(COc2ccccc2)n1/N=C/c1cc([N+](=O)[O-])ccc1O. The van der Waals surface area contributed by atoms with Gasteiger partial charge in [-0.1, -0.05) is 30.3 Å². The molecule has 3 aromatic carbocycles. The number of nitrogens with zero attached hydrogens (tertiary/aromatic N) is 4. The number of ether oxygens (including phenoxy) is 1. The summed E-state index contributed by atoms with van der Waals surface area (Å²) in [6.45, 7) is -0.0393. The molecule has 1 heterocycles. The van der Waals surface area contributed by atoms with Crippen LogP contribution in [0, 0.1) is 10.1 Å². The van der Waals surface area contributed by atoms with Crippen LogP contribution in [0.15, 0.2) is 82.7 Å². The summed E-state index contributed by atoms with van der Waals surface area (Å²) >= 11 is 0. The van der Waals surface area contributed by atoms with E-state index in [2.05, 4.69) is 10.1 Å². The van der Waals surface area contributed by atoms with E-state index in [0.29, 0.717) is 16.7 Å². The van der Waals surface area contributed by atoms with Crippen molar-refractivity contribution >= 4 is 22.8 Å². The molecule has 154 valence electrons. The van der Waals surface area contributed by atoms with E-state index in [4.69, 9.17) is 4.74 Å². The fourth-order valence-electron chi connectivity index (χ4n) is 2.93. The minimum atomic E-state index is -0.584. The fraction of sp³-hybridized carbons (Fsp3) is 0.0455. The summed E-state index contributed by atoms with van der Waals surface area (Å²) in [4.78, 5) is 27.9. The van der Waals surface area contributed by atoms with Crippen molar-refractivity contribution in [1.29, 1.82) is 0 Å². The quantitative estimate of drug-likeness (QED) is 0.292. The lowest BCUT2D eigenvalue weighted by Gasteiger charge is -2.10. The van der Waals surface area contributed by atoms with Crippen LogP contribution in [0.4, 0.5) is 5.69 Å². The van der Waals surface area contributed by atoms with Gasteiger partial charge in [-0.05, 0) is 30.3 Å². The van der Waals surface area contributed by atoms with Crippen molar-refractivity contribution in [2.45, 2.75) is 6.61 Å². The third-order valence-corrected chi connectivity index (χ3v) is 4.47. The smallest absolute Gasteiger partial charge is 0.282 e. The molecule has 0 bridgehead atoms. The zero-order valence-corrected chi connectivity index (χ0v) is 16.1. The summed E-state index contributed by atoms with van der Waals surface area (Å²) in [5.74, 6) is 0.615. The molecule has 0 aliphatic rings. The van der Waals surface area contributed by atoms with Gasteiger partial charge in [-0.3, -0.25) is 14.9 Å². The lowest BCUT2D eigenvalue weighted by atomic mass is 10.2. The molecule has 0 spiro atoms. The summed E-state index contributed by atoms with van der Waals surface area (Å²) in [6.07, 6.45) is 1.17. The Labute approximate surface area is 175 Å². The first kappa shape index (κ1) is 19.8. The number of hydrogen-bond donors (Lipinski definition) is 1. The number of rotatable bonds is 6. The van der Waals surface area contributed by atoms with Gasteiger partial charge in [-0.15, -0.1) is 0 Å². The Hall–Kier alpha value is -4.53. The van der Waals surface area contributed by atoms with E-state index in [1.54, 1.807) is 36.4 Å². The topological polar surface area (TPSA) is 120 Å². The minimum absolute atomic E-state index is 0.0393. The van der Waals surface area contributed by atoms with Gasteiger partial charge in [0.1, 0.15) is 18.1 Å². The maximum absolute atomic E-state index is 13.0. The van der Waals surface area contributed by atoms with Crippen molar-refractivity contribution in [1.82, 2.24) is 9.66 Å². The van der Waals surface area contributed by atoms with Crippen molar-refractivity contribution in [3.8, 4) is 11.5 Å². The van der Waals surface area contributed by atoms with E-state index in [1.165, 1.54) is 24.4 Å². The predicted octanol–water partition coefficient (Wildman–Crippen LogP) is 3.47.